The number of nitrogens with zero attached hydrogens (tertiary/aromatic N) is 2. The van der Waals surface area contributed by atoms with E-state index in [1.54, 1.807) is 0 Å². The second-order valence-corrected chi connectivity index (χ2v) is 5.15. The van der Waals surface area contributed by atoms with E-state index >= 15 is 0 Å². The SMILES string of the molecule is Cn1cc(NC2c3ccccc3-c3ccccc32)cn1. The van der Waals surface area contributed by atoms with Gasteiger partial charge in [-0.15, -0.1) is 0 Å². The Morgan fingerprint density at radius 2 is 1.55 bits per heavy atom. The summed E-state index contributed by atoms with van der Waals surface area (Å²) in [5.74, 6) is 0. The summed E-state index contributed by atoms with van der Waals surface area (Å²) in [5, 5.41) is 7.82. The molecule has 98 valence electrons. The average molecular weight is 261 g/mol. The molecule has 0 spiro atoms. The summed E-state index contributed by atoms with van der Waals surface area (Å²) < 4.78 is 1.81. The standard InChI is InChI=1S/C17H15N3/c1-20-11-12(10-18-20)19-17-15-8-4-2-6-13(15)14-7-3-5-9-16(14)17/h2-11,17,19H,1H3. The van der Waals surface area contributed by atoms with Crippen LogP contribution in [0.4, 0.5) is 5.69 Å². The Hall–Kier alpha value is -2.55. The fraction of sp³-hybridized carbons (Fsp3) is 0.118. The summed E-state index contributed by atoms with van der Waals surface area (Å²) in [7, 11) is 1.93. The number of aryl methyl sites for hydroxylation is 1. The number of aromatic nitrogens is 2. The molecule has 20 heavy (non-hydrogen) atoms. The highest BCUT2D eigenvalue weighted by Crippen LogP contribution is 2.44. The average Bonchev–Trinajstić information content (AvgIpc) is 3.03. The number of fused-ring (bicyclic) bond motifs is 3. The Kier molecular flexibility index (Phi) is 2.39. The van der Waals surface area contributed by atoms with Gasteiger partial charge in [-0.05, 0) is 22.3 Å². The number of hydrogen-bond donors (Lipinski definition) is 1. The monoisotopic (exact) mass is 261 g/mol. The summed E-state index contributed by atoms with van der Waals surface area (Å²) in [5.41, 5.74) is 6.35. The van der Waals surface area contributed by atoms with E-state index in [1.807, 2.05) is 24.1 Å². The van der Waals surface area contributed by atoms with Crippen LogP contribution in [0, 0.1) is 0 Å². The summed E-state index contributed by atoms with van der Waals surface area (Å²) in [6.07, 6.45) is 3.87. The van der Waals surface area contributed by atoms with E-state index in [0.717, 1.165) is 5.69 Å². The Labute approximate surface area is 117 Å². The zero-order valence-corrected chi connectivity index (χ0v) is 11.2. The molecule has 0 unspecified atom stereocenters. The van der Waals surface area contributed by atoms with E-state index in [9.17, 15) is 0 Å². The molecule has 1 aliphatic carbocycles. The molecule has 2 aromatic carbocycles. The molecule has 0 atom stereocenters. The molecule has 0 aliphatic heterocycles. The van der Waals surface area contributed by atoms with E-state index in [0.29, 0.717) is 0 Å². The van der Waals surface area contributed by atoms with Crippen LogP contribution in [0.2, 0.25) is 0 Å². The van der Waals surface area contributed by atoms with Gasteiger partial charge in [-0.2, -0.15) is 5.10 Å². The molecular formula is C17H15N3. The van der Waals surface area contributed by atoms with Gasteiger partial charge in [0.1, 0.15) is 0 Å². The number of nitrogens with one attached hydrogen (secondary N) is 1. The molecule has 3 heteroatoms. The number of rotatable bonds is 2. The number of hydrogen-bond acceptors (Lipinski definition) is 2. The second kappa shape index (κ2) is 4.23. The Morgan fingerprint density at radius 3 is 2.10 bits per heavy atom. The van der Waals surface area contributed by atoms with Crippen molar-refractivity contribution in [1.29, 1.82) is 0 Å². The van der Waals surface area contributed by atoms with Crippen molar-refractivity contribution in [1.82, 2.24) is 9.78 Å². The molecule has 4 rings (SSSR count). The first-order valence-corrected chi connectivity index (χ1v) is 6.76. The van der Waals surface area contributed by atoms with Crippen molar-refractivity contribution in [3.05, 3.63) is 72.1 Å². The minimum absolute atomic E-state index is 0.201. The molecule has 0 saturated carbocycles. The molecule has 1 aromatic heterocycles. The highest BCUT2D eigenvalue weighted by molar-refractivity contribution is 5.79. The van der Waals surface area contributed by atoms with Crippen LogP contribution in [0.5, 0.6) is 0 Å². The molecule has 1 aliphatic rings. The molecule has 0 radical (unpaired) electrons. The molecule has 3 aromatic rings. The van der Waals surface area contributed by atoms with Crippen LogP contribution in [0.25, 0.3) is 11.1 Å². The topological polar surface area (TPSA) is 29.9 Å². The molecule has 1 N–H and O–H groups in total. The number of anilines is 1. The highest BCUT2D eigenvalue weighted by Gasteiger charge is 2.27. The third-order valence-corrected chi connectivity index (χ3v) is 3.85. The van der Waals surface area contributed by atoms with Gasteiger partial charge in [0, 0.05) is 13.2 Å². The zero-order valence-electron chi connectivity index (χ0n) is 11.2. The van der Waals surface area contributed by atoms with E-state index in [1.165, 1.54) is 22.3 Å². The largest absolute Gasteiger partial charge is 0.372 e. The minimum Gasteiger partial charge on any atom is -0.372 e. The highest BCUT2D eigenvalue weighted by atomic mass is 15.3. The quantitative estimate of drug-likeness (QED) is 0.763. The Bertz CT molecular complexity index is 728. The predicted molar refractivity (Wildman–Crippen MR) is 80.6 cm³/mol. The first-order valence-electron chi connectivity index (χ1n) is 6.76. The summed E-state index contributed by atoms with van der Waals surface area (Å²) in [4.78, 5) is 0. The van der Waals surface area contributed by atoms with E-state index < -0.39 is 0 Å². The van der Waals surface area contributed by atoms with Crippen LogP contribution in [0.1, 0.15) is 17.2 Å². The summed E-state index contributed by atoms with van der Waals surface area (Å²) in [6, 6.07) is 17.4. The summed E-state index contributed by atoms with van der Waals surface area (Å²) >= 11 is 0. The predicted octanol–water partition coefficient (Wildman–Crippen LogP) is 3.60. The van der Waals surface area contributed by atoms with Gasteiger partial charge < -0.3 is 5.32 Å². The lowest BCUT2D eigenvalue weighted by Crippen LogP contribution is -2.08. The molecule has 1 heterocycles. The smallest absolute Gasteiger partial charge is 0.0780 e. The van der Waals surface area contributed by atoms with Crippen molar-refractivity contribution in [2.75, 3.05) is 5.32 Å². The normalized spacial score (nSPS) is 13.1. The van der Waals surface area contributed by atoms with Gasteiger partial charge in [0.25, 0.3) is 0 Å². The molecule has 0 fully saturated rings. The van der Waals surface area contributed by atoms with E-state index in [-0.39, 0.29) is 6.04 Å². The van der Waals surface area contributed by atoms with Crippen molar-refractivity contribution in [3.8, 4) is 11.1 Å². The number of benzene rings is 2. The Morgan fingerprint density at radius 1 is 0.950 bits per heavy atom. The maximum Gasteiger partial charge on any atom is 0.0780 e. The van der Waals surface area contributed by atoms with Crippen LogP contribution >= 0.6 is 0 Å². The van der Waals surface area contributed by atoms with Crippen LogP contribution in [0.3, 0.4) is 0 Å². The van der Waals surface area contributed by atoms with Gasteiger partial charge in [-0.3, -0.25) is 4.68 Å². The first-order chi connectivity index (χ1) is 9.83. The minimum atomic E-state index is 0.201. The van der Waals surface area contributed by atoms with Crippen LogP contribution in [-0.4, -0.2) is 9.78 Å². The van der Waals surface area contributed by atoms with Gasteiger partial charge in [-0.25, -0.2) is 0 Å². The molecule has 0 bridgehead atoms. The molecule has 0 amide bonds. The van der Waals surface area contributed by atoms with Gasteiger partial charge in [-0.1, -0.05) is 48.5 Å². The fourth-order valence-electron chi connectivity index (χ4n) is 2.97. The van der Waals surface area contributed by atoms with Gasteiger partial charge in [0.15, 0.2) is 0 Å². The van der Waals surface area contributed by atoms with Crippen LogP contribution in [0.15, 0.2) is 60.9 Å². The third kappa shape index (κ3) is 1.63. The van der Waals surface area contributed by atoms with Gasteiger partial charge >= 0.3 is 0 Å². The maximum atomic E-state index is 4.22. The lowest BCUT2D eigenvalue weighted by Gasteiger charge is -2.15. The van der Waals surface area contributed by atoms with Crippen molar-refractivity contribution >= 4 is 5.69 Å². The maximum absolute atomic E-state index is 4.22. The lowest BCUT2D eigenvalue weighted by molar-refractivity contribution is 0.767. The van der Waals surface area contributed by atoms with Gasteiger partial charge in [0.05, 0.1) is 17.9 Å². The molecule has 3 nitrogen and oxygen atoms in total. The van der Waals surface area contributed by atoms with Crippen molar-refractivity contribution in [2.45, 2.75) is 6.04 Å². The molecular weight excluding hydrogens is 246 g/mol. The first kappa shape index (κ1) is 11.3. The second-order valence-electron chi connectivity index (χ2n) is 5.15. The Balaban J connectivity index is 1.83. The van der Waals surface area contributed by atoms with Gasteiger partial charge in [0.2, 0.25) is 0 Å². The van der Waals surface area contributed by atoms with Crippen LogP contribution < -0.4 is 5.32 Å². The molecule has 0 saturated heterocycles. The van der Waals surface area contributed by atoms with Crippen molar-refractivity contribution in [3.63, 3.8) is 0 Å². The van der Waals surface area contributed by atoms with Crippen molar-refractivity contribution in [2.24, 2.45) is 7.05 Å². The third-order valence-electron chi connectivity index (χ3n) is 3.85. The van der Waals surface area contributed by atoms with Crippen molar-refractivity contribution < 1.29 is 0 Å². The zero-order chi connectivity index (χ0) is 13.5. The fourth-order valence-corrected chi connectivity index (χ4v) is 2.97. The summed E-state index contributed by atoms with van der Waals surface area (Å²) in [6.45, 7) is 0. The lowest BCUT2D eigenvalue weighted by atomic mass is 10.1. The van der Waals surface area contributed by atoms with E-state index in [4.69, 9.17) is 0 Å². The van der Waals surface area contributed by atoms with E-state index in [2.05, 4.69) is 58.9 Å². The van der Waals surface area contributed by atoms with Crippen LogP contribution in [-0.2, 0) is 7.05 Å².